The topological polar surface area (TPSA) is 108 Å². The zero-order valence-electron chi connectivity index (χ0n) is 18.9. The minimum Gasteiger partial charge on any atom is -0.493 e. The second kappa shape index (κ2) is 9.78. The molecule has 0 bridgehead atoms. The number of allylic oxidation sites excluding steroid dienone is 3. The number of ether oxygens (including phenoxy) is 3. The van der Waals surface area contributed by atoms with E-state index in [1.807, 2.05) is 42.5 Å². The lowest BCUT2D eigenvalue weighted by molar-refractivity contribution is -0.385. The Hall–Kier alpha value is -4.14. The second-order valence-electron chi connectivity index (χ2n) is 7.87. The van der Waals surface area contributed by atoms with E-state index in [2.05, 4.69) is 0 Å². The van der Waals surface area contributed by atoms with Crippen molar-refractivity contribution < 1.29 is 28.7 Å². The van der Waals surface area contributed by atoms with E-state index >= 15 is 0 Å². The number of nitrogens with zero attached hydrogens (tertiary/aromatic N) is 2. The summed E-state index contributed by atoms with van der Waals surface area (Å²) in [5.74, 6) is -0.946. The van der Waals surface area contributed by atoms with Crippen LogP contribution in [0.2, 0.25) is 0 Å². The van der Waals surface area contributed by atoms with E-state index in [-0.39, 0.29) is 23.7 Å². The first-order valence-corrected chi connectivity index (χ1v) is 10.8. The van der Waals surface area contributed by atoms with Gasteiger partial charge in [0.05, 0.1) is 25.2 Å². The molecule has 4 rings (SSSR count). The third-order valence-electron chi connectivity index (χ3n) is 5.85. The summed E-state index contributed by atoms with van der Waals surface area (Å²) in [6, 6.07) is 10.9. The van der Waals surface area contributed by atoms with Gasteiger partial charge in [0.25, 0.3) is 11.6 Å². The number of benzene rings is 2. The van der Waals surface area contributed by atoms with Gasteiger partial charge in [-0.3, -0.25) is 19.8 Å². The number of amides is 1. The van der Waals surface area contributed by atoms with Crippen LogP contribution in [0.25, 0.3) is 0 Å². The lowest BCUT2D eigenvalue weighted by Gasteiger charge is -2.25. The molecule has 1 aliphatic carbocycles. The van der Waals surface area contributed by atoms with E-state index in [4.69, 9.17) is 14.2 Å². The third-order valence-corrected chi connectivity index (χ3v) is 5.85. The zero-order chi connectivity index (χ0) is 24.2. The molecular formula is C25H24N2O7. The van der Waals surface area contributed by atoms with Crippen molar-refractivity contribution in [3.8, 4) is 11.5 Å². The summed E-state index contributed by atoms with van der Waals surface area (Å²) in [4.78, 5) is 38.7. The SMILES string of the molecule is COC(=O)C1CC2=CCCC=C2N1C(=O)c1cc(OC)c(OCc2ccccc2)cc1[N+](=O)[O-]. The molecule has 9 nitrogen and oxygen atoms in total. The molecule has 1 amide bonds. The molecule has 0 N–H and O–H groups in total. The van der Waals surface area contributed by atoms with Crippen molar-refractivity contribution in [3.63, 3.8) is 0 Å². The van der Waals surface area contributed by atoms with E-state index in [0.29, 0.717) is 18.5 Å². The quantitative estimate of drug-likeness (QED) is 0.344. The van der Waals surface area contributed by atoms with Crippen LogP contribution in [0.3, 0.4) is 0 Å². The fourth-order valence-corrected chi connectivity index (χ4v) is 4.21. The lowest BCUT2D eigenvalue weighted by atomic mass is 10.0. The highest BCUT2D eigenvalue weighted by Crippen LogP contribution is 2.41. The maximum atomic E-state index is 13.7. The Bertz CT molecular complexity index is 1190. The molecule has 0 aromatic heterocycles. The van der Waals surface area contributed by atoms with Crippen LogP contribution in [0, 0.1) is 10.1 Å². The number of fused-ring (bicyclic) bond motifs is 1. The summed E-state index contributed by atoms with van der Waals surface area (Å²) in [6.45, 7) is 0.166. The fourth-order valence-electron chi connectivity index (χ4n) is 4.21. The Kier molecular flexibility index (Phi) is 6.62. The lowest BCUT2D eigenvalue weighted by Crippen LogP contribution is -2.40. The highest BCUT2D eigenvalue weighted by atomic mass is 16.6. The summed E-state index contributed by atoms with van der Waals surface area (Å²) in [6.07, 6.45) is 5.66. The molecule has 1 heterocycles. The molecule has 1 fully saturated rings. The smallest absolute Gasteiger partial charge is 0.329 e. The molecule has 0 saturated carbocycles. The summed E-state index contributed by atoms with van der Waals surface area (Å²) in [7, 11) is 2.64. The van der Waals surface area contributed by atoms with Crippen LogP contribution in [0.1, 0.15) is 35.2 Å². The first kappa shape index (κ1) is 23.0. The van der Waals surface area contributed by atoms with Crippen molar-refractivity contribution in [2.45, 2.75) is 31.9 Å². The first-order valence-electron chi connectivity index (χ1n) is 10.8. The van der Waals surface area contributed by atoms with E-state index in [0.717, 1.165) is 17.6 Å². The van der Waals surface area contributed by atoms with Gasteiger partial charge in [0.1, 0.15) is 18.2 Å². The van der Waals surface area contributed by atoms with Crippen LogP contribution < -0.4 is 9.47 Å². The number of carbonyl (C=O) groups is 2. The third kappa shape index (κ3) is 4.36. The Labute approximate surface area is 196 Å². The number of nitro groups is 1. The molecule has 2 aliphatic rings. The minimum atomic E-state index is -0.896. The molecule has 1 saturated heterocycles. The molecule has 1 atom stereocenters. The number of rotatable bonds is 7. The standard InChI is InChI=1S/C25H24N2O7/c1-32-22-13-18(20(27(30)31)14-23(22)34-15-16-8-4-3-5-9-16)24(28)26-19-11-7-6-10-17(19)12-21(26)25(29)33-2/h3-5,8-11,13-14,21H,6-7,12,15H2,1-2H3. The Balaban J connectivity index is 1.73. The maximum Gasteiger partial charge on any atom is 0.329 e. The number of esters is 1. The zero-order valence-corrected chi connectivity index (χ0v) is 18.9. The molecule has 1 aliphatic heterocycles. The van der Waals surface area contributed by atoms with Crippen LogP contribution in [0.15, 0.2) is 65.9 Å². The van der Waals surface area contributed by atoms with Crippen LogP contribution in [0.4, 0.5) is 5.69 Å². The van der Waals surface area contributed by atoms with Crippen molar-refractivity contribution in [3.05, 3.63) is 87.1 Å². The molecule has 2 aromatic carbocycles. The number of hydrogen-bond acceptors (Lipinski definition) is 7. The van der Waals surface area contributed by atoms with Gasteiger partial charge in [-0.25, -0.2) is 4.79 Å². The number of hydrogen-bond donors (Lipinski definition) is 0. The molecule has 0 spiro atoms. The van der Waals surface area contributed by atoms with Crippen LogP contribution in [-0.2, 0) is 16.1 Å². The van der Waals surface area contributed by atoms with Gasteiger partial charge in [0, 0.05) is 18.2 Å². The highest BCUT2D eigenvalue weighted by molar-refractivity contribution is 6.03. The largest absolute Gasteiger partial charge is 0.493 e. The molecule has 0 radical (unpaired) electrons. The summed E-state index contributed by atoms with van der Waals surface area (Å²) in [5.41, 5.74) is 1.67. The minimum absolute atomic E-state index is 0.137. The number of likely N-dealkylation sites (tertiary alicyclic amines) is 1. The second-order valence-corrected chi connectivity index (χ2v) is 7.87. The summed E-state index contributed by atoms with van der Waals surface area (Å²) in [5, 5.41) is 11.9. The van der Waals surface area contributed by atoms with Gasteiger partial charge in [-0.1, -0.05) is 42.5 Å². The van der Waals surface area contributed by atoms with Crippen molar-refractivity contribution in [2.24, 2.45) is 0 Å². The van der Waals surface area contributed by atoms with Gasteiger partial charge in [-0.05, 0) is 24.0 Å². The average molecular weight is 464 g/mol. The van der Waals surface area contributed by atoms with Gasteiger partial charge in [0.15, 0.2) is 11.5 Å². The average Bonchev–Trinajstić information content (AvgIpc) is 3.26. The maximum absolute atomic E-state index is 13.7. The van der Waals surface area contributed by atoms with Crippen molar-refractivity contribution in [2.75, 3.05) is 14.2 Å². The van der Waals surface area contributed by atoms with Crippen molar-refractivity contribution >= 4 is 17.6 Å². The van der Waals surface area contributed by atoms with Crippen molar-refractivity contribution in [1.29, 1.82) is 0 Å². The van der Waals surface area contributed by atoms with E-state index in [1.165, 1.54) is 31.3 Å². The predicted octanol–water partition coefficient (Wildman–Crippen LogP) is 4.17. The molecule has 9 heteroatoms. The summed E-state index contributed by atoms with van der Waals surface area (Å²) < 4.78 is 16.1. The van der Waals surface area contributed by atoms with Gasteiger partial charge in [-0.2, -0.15) is 0 Å². The number of nitro benzene ring substituents is 1. The van der Waals surface area contributed by atoms with E-state index in [1.54, 1.807) is 0 Å². The van der Waals surface area contributed by atoms with Crippen LogP contribution >= 0.6 is 0 Å². The van der Waals surface area contributed by atoms with E-state index in [9.17, 15) is 19.7 Å². The monoisotopic (exact) mass is 464 g/mol. The van der Waals surface area contributed by atoms with Gasteiger partial charge < -0.3 is 14.2 Å². The van der Waals surface area contributed by atoms with Gasteiger partial charge in [0.2, 0.25) is 0 Å². The number of carbonyl (C=O) groups excluding carboxylic acids is 2. The Morgan fingerprint density at radius 1 is 1.09 bits per heavy atom. The van der Waals surface area contributed by atoms with E-state index < -0.39 is 28.5 Å². The Morgan fingerprint density at radius 3 is 2.50 bits per heavy atom. The van der Waals surface area contributed by atoms with Crippen LogP contribution in [-0.4, -0.2) is 42.0 Å². The highest BCUT2D eigenvalue weighted by Gasteiger charge is 2.43. The normalized spacial score (nSPS) is 16.8. The Morgan fingerprint density at radius 2 is 1.82 bits per heavy atom. The van der Waals surface area contributed by atoms with Crippen molar-refractivity contribution in [1.82, 2.24) is 4.90 Å². The molecule has 176 valence electrons. The van der Waals surface area contributed by atoms with Gasteiger partial charge >= 0.3 is 5.97 Å². The molecule has 2 aromatic rings. The molecular weight excluding hydrogens is 440 g/mol. The molecule has 1 unspecified atom stereocenters. The summed E-state index contributed by atoms with van der Waals surface area (Å²) >= 11 is 0. The molecule has 34 heavy (non-hydrogen) atoms. The van der Waals surface area contributed by atoms with Gasteiger partial charge in [-0.15, -0.1) is 0 Å². The predicted molar refractivity (Wildman–Crippen MR) is 122 cm³/mol. The first-order chi connectivity index (χ1) is 16.4. The van der Waals surface area contributed by atoms with Crippen LogP contribution in [0.5, 0.6) is 11.5 Å². The fraction of sp³-hybridized carbons (Fsp3) is 0.280. The number of methoxy groups -OCH3 is 2.